The lowest BCUT2D eigenvalue weighted by Gasteiger charge is -2.20. The maximum atomic E-state index is 12.0. The number of benzene rings is 1. The van der Waals surface area contributed by atoms with Crippen LogP contribution in [-0.2, 0) is 14.3 Å². The maximum Gasteiger partial charge on any atom is 0.309 e. The molecular weight excluding hydrogens is 290 g/mol. The van der Waals surface area contributed by atoms with E-state index < -0.39 is 0 Å². The number of carbonyl (C=O) groups is 2. The average molecular weight is 315 g/mol. The maximum absolute atomic E-state index is 12.0. The second kappa shape index (κ2) is 10.4. The molecular formula is C19H25NO3. The van der Waals surface area contributed by atoms with Crippen molar-refractivity contribution >= 4 is 11.9 Å². The molecule has 0 fully saturated rings. The molecule has 1 rings (SSSR count). The summed E-state index contributed by atoms with van der Waals surface area (Å²) in [6.45, 7) is 9.14. The molecule has 0 spiro atoms. The minimum Gasteiger partial charge on any atom is -0.463 e. The van der Waals surface area contributed by atoms with E-state index in [1.165, 1.54) is 0 Å². The predicted molar refractivity (Wildman–Crippen MR) is 91.7 cm³/mol. The van der Waals surface area contributed by atoms with Crippen molar-refractivity contribution < 1.29 is 14.3 Å². The van der Waals surface area contributed by atoms with Crippen LogP contribution in [0, 0.1) is 5.92 Å². The summed E-state index contributed by atoms with van der Waals surface area (Å²) in [4.78, 5) is 23.9. The fourth-order valence-corrected chi connectivity index (χ4v) is 2.06. The van der Waals surface area contributed by atoms with Gasteiger partial charge in [-0.1, -0.05) is 49.4 Å². The molecule has 0 saturated heterocycles. The number of carbonyl (C=O) groups excluding carboxylic acids is 2. The Morgan fingerprint density at radius 3 is 2.52 bits per heavy atom. The molecule has 0 aliphatic carbocycles. The Balaban J connectivity index is 2.68. The smallest absolute Gasteiger partial charge is 0.309 e. The number of allylic oxidation sites excluding steroid dienone is 2. The van der Waals surface area contributed by atoms with E-state index in [-0.39, 0.29) is 30.4 Å². The van der Waals surface area contributed by atoms with Crippen LogP contribution in [0.1, 0.15) is 37.8 Å². The zero-order valence-corrected chi connectivity index (χ0v) is 13.7. The topological polar surface area (TPSA) is 55.4 Å². The van der Waals surface area contributed by atoms with Crippen molar-refractivity contribution in [3.63, 3.8) is 0 Å². The molecule has 1 N–H and O–H groups in total. The van der Waals surface area contributed by atoms with E-state index in [0.29, 0.717) is 19.3 Å². The molecule has 1 aromatic rings. The van der Waals surface area contributed by atoms with Crippen LogP contribution in [0.5, 0.6) is 0 Å². The van der Waals surface area contributed by atoms with Gasteiger partial charge in [-0.05, 0) is 18.4 Å². The monoisotopic (exact) mass is 315 g/mol. The molecule has 1 aromatic carbocycles. The van der Waals surface area contributed by atoms with Gasteiger partial charge in [0.05, 0.1) is 12.0 Å². The highest BCUT2D eigenvalue weighted by Gasteiger charge is 2.19. The zero-order chi connectivity index (χ0) is 17.1. The third kappa shape index (κ3) is 6.96. The summed E-state index contributed by atoms with van der Waals surface area (Å²) in [6, 6.07) is 9.13. The number of nitrogens with one attached hydrogen (secondary N) is 1. The number of rotatable bonds is 10. The van der Waals surface area contributed by atoms with Gasteiger partial charge in [0.2, 0.25) is 5.91 Å². The summed E-state index contributed by atoms with van der Waals surface area (Å²) in [5, 5.41) is 2.91. The predicted octanol–water partition coefficient (Wildman–Crippen LogP) is 3.57. The fraction of sp³-hybridized carbons (Fsp3) is 0.368. The van der Waals surface area contributed by atoms with Gasteiger partial charge in [0.1, 0.15) is 6.61 Å². The van der Waals surface area contributed by atoms with Crippen LogP contribution >= 0.6 is 0 Å². The van der Waals surface area contributed by atoms with Crippen LogP contribution in [0.2, 0.25) is 0 Å². The third-order valence-corrected chi connectivity index (χ3v) is 3.43. The van der Waals surface area contributed by atoms with Crippen molar-refractivity contribution in [3.05, 3.63) is 61.2 Å². The first kappa shape index (κ1) is 18.7. The van der Waals surface area contributed by atoms with E-state index in [0.717, 1.165) is 5.56 Å². The Morgan fingerprint density at radius 2 is 1.91 bits per heavy atom. The normalized spacial score (nSPS) is 12.7. The van der Waals surface area contributed by atoms with Gasteiger partial charge in [0, 0.05) is 6.42 Å². The molecule has 2 atom stereocenters. The zero-order valence-electron chi connectivity index (χ0n) is 13.7. The Labute approximate surface area is 138 Å². The molecule has 1 amide bonds. The Kier molecular flexibility index (Phi) is 8.43. The lowest BCUT2D eigenvalue weighted by molar-refractivity contribution is -0.149. The van der Waals surface area contributed by atoms with Crippen LogP contribution in [0.4, 0.5) is 0 Å². The molecule has 4 nitrogen and oxygen atoms in total. The van der Waals surface area contributed by atoms with Crippen LogP contribution < -0.4 is 5.32 Å². The first-order valence-electron chi connectivity index (χ1n) is 7.81. The lowest BCUT2D eigenvalue weighted by Crippen LogP contribution is -2.32. The van der Waals surface area contributed by atoms with E-state index in [9.17, 15) is 9.59 Å². The highest BCUT2D eigenvalue weighted by atomic mass is 16.5. The van der Waals surface area contributed by atoms with Crippen LogP contribution in [-0.4, -0.2) is 18.5 Å². The first-order chi connectivity index (χ1) is 11.1. The van der Waals surface area contributed by atoms with Crippen molar-refractivity contribution in [2.24, 2.45) is 5.92 Å². The molecule has 124 valence electrons. The molecule has 0 radical (unpaired) electrons. The Bertz CT molecular complexity index is 525. The number of amides is 1. The van der Waals surface area contributed by atoms with E-state index in [2.05, 4.69) is 18.5 Å². The van der Waals surface area contributed by atoms with E-state index in [1.807, 2.05) is 30.3 Å². The average Bonchev–Trinajstić information content (AvgIpc) is 2.57. The van der Waals surface area contributed by atoms with Gasteiger partial charge >= 0.3 is 5.97 Å². The van der Waals surface area contributed by atoms with Crippen molar-refractivity contribution in [2.75, 3.05) is 6.61 Å². The molecule has 1 unspecified atom stereocenters. The molecule has 0 bridgehead atoms. The molecule has 0 aromatic heterocycles. The summed E-state index contributed by atoms with van der Waals surface area (Å²) < 4.78 is 5.36. The van der Waals surface area contributed by atoms with Crippen LogP contribution in [0.3, 0.4) is 0 Å². The number of ether oxygens (including phenoxy) is 1. The largest absolute Gasteiger partial charge is 0.463 e. The lowest BCUT2D eigenvalue weighted by atomic mass is 10.1. The van der Waals surface area contributed by atoms with Crippen molar-refractivity contribution in [2.45, 2.75) is 32.2 Å². The van der Waals surface area contributed by atoms with Gasteiger partial charge in [-0.2, -0.15) is 0 Å². The highest BCUT2D eigenvalue weighted by Crippen LogP contribution is 2.15. The second-order valence-electron chi connectivity index (χ2n) is 5.41. The fourth-order valence-electron chi connectivity index (χ4n) is 2.06. The Hall–Kier alpha value is -2.36. The molecule has 0 heterocycles. The van der Waals surface area contributed by atoms with Crippen molar-refractivity contribution in [1.82, 2.24) is 5.32 Å². The van der Waals surface area contributed by atoms with Crippen LogP contribution in [0.25, 0.3) is 0 Å². The van der Waals surface area contributed by atoms with E-state index in [1.54, 1.807) is 19.1 Å². The molecule has 0 aliphatic heterocycles. The molecule has 4 heteroatoms. The van der Waals surface area contributed by atoms with Gasteiger partial charge in [-0.25, -0.2) is 0 Å². The SMILES string of the molecule is C=CCCC(=O)N[C@H](COC(=O)C(C)CC=C)c1ccccc1. The standard InChI is InChI=1S/C19H25NO3/c1-4-6-13-18(21)20-17(16-11-8-7-9-12-16)14-23-19(22)15(3)10-5-2/h4-5,7-9,11-12,15,17H,1-2,6,10,13-14H2,3H3,(H,20,21)/t15?,17-/m1/s1. The second-order valence-corrected chi connectivity index (χ2v) is 5.41. The summed E-state index contributed by atoms with van der Waals surface area (Å²) in [6.07, 6.45) is 4.95. The van der Waals surface area contributed by atoms with E-state index >= 15 is 0 Å². The van der Waals surface area contributed by atoms with Gasteiger partial charge in [-0.15, -0.1) is 13.2 Å². The summed E-state index contributed by atoms with van der Waals surface area (Å²) in [5.74, 6) is -0.611. The van der Waals surface area contributed by atoms with Gasteiger partial charge < -0.3 is 10.1 Å². The number of hydrogen-bond acceptors (Lipinski definition) is 3. The summed E-state index contributed by atoms with van der Waals surface area (Å²) in [5.41, 5.74) is 0.906. The molecule has 23 heavy (non-hydrogen) atoms. The van der Waals surface area contributed by atoms with Gasteiger partial charge in [-0.3, -0.25) is 9.59 Å². The van der Waals surface area contributed by atoms with Crippen LogP contribution in [0.15, 0.2) is 55.6 Å². The van der Waals surface area contributed by atoms with Gasteiger partial charge in [0.25, 0.3) is 0 Å². The Morgan fingerprint density at radius 1 is 1.22 bits per heavy atom. The highest BCUT2D eigenvalue weighted by molar-refractivity contribution is 5.76. The van der Waals surface area contributed by atoms with Crippen molar-refractivity contribution in [1.29, 1.82) is 0 Å². The summed E-state index contributed by atoms with van der Waals surface area (Å²) in [7, 11) is 0. The summed E-state index contributed by atoms with van der Waals surface area (Å²) >= 11 is 0. The third-order valence-electron chi connectivity index (χ3n) is 3.43. The van der Waals surface area contributed by atoms with E-state index in [4.69, 9.17) is 4.74 Å². The van der Waals surface area contributed by atoms with Gasteiger partial charge in [0.15, 0.2) is 0 Å². The molecule has 0 aliphatic rings. The minimum atomic E-state index is -0.353. The minimum absolute atomic E-state index is 0.0889. The quantitative estimate of drug-likeness (QED) is 0.530. The number of esters is 1. The first-order valence-corrected chi connectivity index (χ1v) is 7.81. The molecule has 0 saturated carbocycles. The number of hydrogen-bond donors (Lipinski definition) is 1. The van der Waals surface area contributed by atoms with Crippen molar-refractivity contribution in [3.8, 4) is 0 Å².